The molecule has 0 aromatic rings. The number of carbonyl (C=O) groups is 2. The predicted octanol–water partition coefficient (Wildman–Crippen LogP) is 0.248. The third-order valence-electron chi connectivity index (χ3n) is 1.85. The molecular weight excluding hydrogens is 158 g/mol. The summed E-state index contributed by atoms with van der Waals surface area (Å²) in [5.41, 5.74) is 0.937. The molecule has 0 radical (unpaired) electrons. The van der Waals surface area contributed by atoms with Crippen LogP contribution < -0.4 is 0 Å². The van der Waals surface area contributed by atoms with Crippen LogP contribution in [0.15, 0.2) is 12.2 Å². The van der Waals surface area contributed by atoms with Gasteiger partial charge in [-0.25, -0.2) is 0 Å². The van der Waals surface area contributed by atoms with Gasteiger partial charge in [0.2, 0.25) is 5.91 Å². The fourth-order valence-electron chi connectivity index (χ4n) is 1.11. The van der Waals surface area contributed by atoms with Crippen molar-refractivity contribution in [3.8, 4) is 0 Å². The fraction of sp³-hybridized carbons (Fsp3) is 0.500. The molecular formula is C8H11NO3. The second-order valence-corrected chi connectivity index (χ2v) is 2.92. The average molecular weight is 169 g/mol. The zero-order valence-corrected chi connectivity index (χ0v) is 6.91. The van der Waals surface area contributed by atoms with E-state index in [0.29, 0.717) is 0 Å². The molecule has 12 heavy (non-hydrogen) atoms. The first-order valence-electron chi connectivity index (χ1n) is 3.69. The number of rotatable bonds is 3. The number of hydrogen-bond donors (Lipinski definition) is 1. The second kappa shape index (κ2) is 2.97. The monoisotopic (exact) mass is 169 g/mol. The maximum absolute atomic E-state index is 10.9. The third-order valence-corrected chi connectivity index (χ3v) is 1.85. The summed E-state index contributed by atoms with van der Waals surface area (Å²) in [5.74, 6) is -1.19. The van der Waals surface area contributed by atoms with Crippen LogP contribution in [0.3, 0.4) is 0 Å². The van der Waals surface area contributed by atoms with Crippen molar-refractivity contribution in [3.05, 3.63) is 12.2 Å². The van der Waals surface area contributed by atoms with E-state index in [9.17, 15) is 9.59 Å². The molecule has 4 heteroatoms. The standard InChI is InChI=1S/C8H11NO3/c1-5-3-7(5)9(6(2)10)4-8(11)12/h7H,1,3-4H2,2H3,(H,11,12). The van der Waals surface area contributed by atoms with Crippen LogP contribution >= 0.6 is 0 Å². The Morgan fingerprint density at radius 3 is 2.50 bits per heavy atom. The van der Waals surface area contributed by atoms with Crippen molar-refractivity contribution in [2.75, 3.05) is 6.54 Å². The normalized spacial score (nSPS) is 20.4. The van der Waals surface area contributed by atoms with Gasteiger partial charge in [-0.1, -0.05) is 12.2 Å². The molecule has 1 atom stereocenters. The lowest BCUT2D eigenvalue weighted by Gasteiger charge is -2.17. The molecule has 1 aliphatic rings. The van der Waals surface area contributed by atoms with Gasteiger partial charge in [-0.3, -0.25) is 9.59 Å². The first-order valence-corrected chi connectivity index (χ1v) is 3.69. The van der Waals surface area contributed by atoms with Gasteiger partial charge in [-0.05, 0) is 6.42 Å². The Morgan fingerprint density at radius 1 is 1.75 bits per heavy atom. The van der Waals surface area contributed by atoms with Gasteiger partial charge in [-0.2, -0.15) is 0 Å². The highest BCUT2D eigenvalue weighted by Crippen LogP contribution is 2.32. The molecule has 1 fully saturated rings. The van der Waals surface area contributed by atoms with Crippen LogP contribution in [0.2, 0.25) is 0 Å². The summed E-state index contributed by atoms with van der Waals surface area (Å²) in [4.78, 5) is 22.6. The van der Waals surface area contributed by atoms with Gasteiger partial charge >= 0.3 is 5.97 Å². The summed E-state index contributed by atoms with van der Waals surface area (Å²) in [6.45, 7) is 4.82. The number of carbonyl (C=O) groups excluding carboxylic acids is 1. The lowest BCUT2D eigenvalue weighted by atomic mass is 10.4. The quantitative estimate of drug-likeness (QED) is 0.616. The Hall–Kier alpha value is -1.32. The minimum absolute atomic E-state index is 0.0291. The Kier molecular flexibility index (Phi) is 2.17. The molecule has 0 aromatic carbocycles. The first kappa shape index (κ1) is 8.77. The number of aliphatic carboxylic acids is 1. The van der Waals surface area contributed by atoms with Gasteiger partial charge < -0.3 is 10.0 Å². The lowest BCUT2D eigenvalue weighted by molar-refractivity contribution is -0.143. The topological polar surface area (TPSA) is 57.6 Å². The first-order chi connectivity index (χ1) is 5.52. The Morgan fingerprint density at radius 2 is 2.25 bits per heavy atom. The van der Waals surface area contributed by atoms with E-state index >= 15 is 0 Å². The zero-order valence-electron chi connectivity index (χ0n) is 6.91. The van der Waals surface area contributed by atoms with Crippen LogP contribution in [0.5, 0.6) is 0 Å². The van der Waals surface area contributed by atoms with Gasteiger partial charge in [0.25, 0.3) is 0 Å². The minimum Gasteiger partial charge on any atom is -0.480 e. The fourth-order valence-corrected chi connectivity index (χ4v) is 1.11. The maximum Gasteiger partial charge on any atom is 0.323 e. The molecule has 1 N–H and O–H groups in total. The van der Waals surface area contributed by atoms with Crippen LogP contribution in [0.25, 0.3) is 0 Å². The summed E-state index contributed by atoms with van der Waals surface area (Å²) < 4.78 is 0. The van der Waals surface area contributed by atoms with E-state index in [4.69, 9.17) is 5.11 Å². The van der Waals surface area contributed by atoms with Gasteiger partial charge in [0.15, 0.2) is 0 Å². The number of amides is 1. The van der Waals surface area contributed by atoms with Crippen molar-refractivity contribution in [1.29, 1.82) is 0 Å². The van der Waals surface area contributed by atoms with E-state index in [1.807, 2.05) is 0 Å². The molecule has 1 rings (SSSR count). The van der Waals surface area contributed by atoms with Gasteiger partial charge in [0, 0.05) is 6.92 Å². The third kappa shape index (κ3) is 1.84. The molecule has 1 saturated carbocycles. The molecule has 66 valence electrons. The van der Waals surface area contributed by atoms with E-state index in [1.54, 1.807) is 0 Å². The number of carboxylic acid groups (broad SMARTS) is 1. The molecule has 1 unspecified atom stereocenters. The molecule has 0 aliphatic heterocycles. The largest absolute Gasteiger partial charge is 0.480 e. The molecule has 4 nitrogen and oxygen atoms in total. The van der Waals surface area contributed by atoms with Gasteiger partial charge in [0.05, 0.1) is 6.04 Å². The van der Waals surface area contributed by atoms with Crippen molar-refractivity contribution in [2.24, 2.45) is 0 Å². The minimum atomic E-state index is -0.982. The van der Waals surface area contributed by atoms with Crippen LogP contribution in [-0.4, -0.2) is 34.5 Å². The molecule has 0 aromatic heterocycles. The van der Waals surface area contributed by atoms with E-state index in [2.05, 4.69) is 6.58 Å². The predicted molar refractivity (Wildman–Crippen MR) is 42.6 cm³/mol. The second-order valence-electron chi connectivity index (χ2n) is 2.92. The summed E-state index contributed by atoms with van der Waals surface area (Å²) >= 11 is 0. The van der Waals surface area contributed by atoms with E-state index < -0.39 is 5.97 Å². The van der Waals surface area contributed by atoms with Crippen molar-refractivity contribution >= 4 is 11.9 Å². The molecule has 1 amide bonds. The smallest absolute Gasteiger partial charge is 0.323 e. The van der Waals surface area contributed by atoms with Crippen LogP contribution in [0, 0.1) is 0 Å². The van der Waals surface area contributed by atoms with Crippen molar-refractivity contribution < 1.29 is 14.7 Å². The highest BCUT2D eigenvalue weighted by atomic mass is 16.4. The van der Waals surface area contributed by atoms with Gasteiger partial charge in [0.1, 0.15) is 6.54 Å². The number of nitrogens with zero attached hydrogens (tertiary/aromatic N) is 1. The number of hydrogen-bond acceptors (Lipinski definition) is 2. The molecule has 0 saturated heterocycles. The number of carboxylic acids is 1. The van der Waals surface area contributed by atoms with Crippen molar-refractivity contribution in [1.82, 2.24) is 4.90 Å². The van der Waals surface area contributed by atoms with E-state index in [-0.39, 0.29) is 18.5 Å². The van der Waals surface area contributed by atoms with Crippen LogP contribution in [0.4, 0.5) is 0 Å². The van der Waals surface area contributed by atoms with Crippen LogP contribution in [0.1, 0.15) is 13.3 Å². The summed E-state index contributed by atoms with van der Waals surface area (Å²) in [7, 11) is 0. The van der Waals surface area contributed by atoms with E-state index in [1.165, 1.54) is 11.8 Å². The summed E-state index contributed by atoms with van der Waals surface area (Å²) in [5, 5.41) is 8.47. The lowest BCUT2D eigenvalue weighted by Crippen LogP contribution is -2.35. The van der Waals surface area contributed by atoms with E-state index in [0.717, 1.165) is 12.0 Å². The maximum atomic E-state index is 10.9. The van der Waals surface area contributed by atoms with Crippen LogP contribution in [-0.2, 0) is 9.59 Å². The summed E-state index contributed by atoms with van der Waals surface area (Å²) in [6, 6.07) is -0.0291. The highest BCUT2D eigenvalue weighted by Gasteiger charge is 2.36. The van der Waals surface area contributed by atoms with Crippen molar-refractivity contribution in [2.45, 2.75) is 19.4 Å². The Bertz CT molecular complexity index is 247. The summed E-state index contributed by atoms with van der Waals surface area (Å²) in [6.07, 6.45) is 0.743. The average Bonchev–Trinajstić information content (AvgIpc) is 2.61. The van der Waals surface area contributed by atoms with Gasteiger partial charge in [-0.15, -0.1) is 0 Å². The highest BCUT2D eigenvalue weighted by molar-refractivity contribution is 5.80. The SMILES string of the molecule is C=C1CC1N(CC(=O)O)C(C)=O. The Labute approximate surface area is 70.5 Å². The molecule has 0 spiro atoms. The Balaban J connectivity index is 2.56. The molecule has 1 aliphatic carbocycles. The molecule has 0 bridgehead atoms. The molecule has 0 heterocycles. The van der Waals surface area contributed by atoms with Crippen molar-refractivity contribution in [3.63, 3.8) is 0 Å². The zero-order chi connectivity index (χ0) is 9.30.